The van der Waals surface area contributed by atoms with Crippen LogP contribution >= 0.6 is 39.1 Å². The van der Waals surface area contributed by atoms with Crippen molar-refractivity contribution < 1.29 is 19.4 Å². The fraction of sp³-hybridized carbons (Fsp3) is 0.250. The minimum atomic E-state index is -1.60. The zero-order valence-corrected chi connectivity index (χ0v) is 27.5. The van der Waals surface area contributed by atoms with Crippen LogP contribution in [0.4, 0.5) is 5.69 Å². The molecule has 1 saturated carbocycles. The molecular weight excluding hydrogens is 701 g/mol. The Hall–Kier alpha value is -4.26. The molecule has 2 N–H and O–H groups in total. The summed E-state index contributed by atoms with van der Waals surface area (Å²) in [5.41, 5.74) is 2.08. The van der Waals surface area contributed by atoms with Gasteiger partial charge in [0, 0.05) is 28.0 Å². The first-order valence-electron chi connectivity index (χ1n) is 14.3. The number of nitrogens with one attached hydrogen (secondary N) is 1. The topological polar surface area (TPSA) is 128 Å². The molecule has 2 aliphatic heterocycles. The Bertz CT molecular complexity index is 2100. The number of ether oxygens (including phenoxy) is 1. The van der Waals surface area contributed by atoms with E-state index in [0.717, 1.165) is 9.58 Å². The van der Waals surface area contributed by atoms with Gasteiger partial charge >= 0.3 is 11.4 Å². The van der Waals surface area contributed by atoms with E-state index in [1.807, 2.05) is 6.08 Å². The lowest BCUT2D eigenvalue weighted by molar-refractivity contribution is -0.138. The average molecular weight is 727 g/mol. The summed E-state index contributed by atoms with van der Waals surface area (Å²) in [5.74, 6) is -2.69. The van der Waals surface area contributed by atoms with Crippen molar-refractivity contribution in [3.05, 3.63) is 119 Å². The molecule has 1 saturated heterocycles. The first kappa shape index (κ1) is 30.4. The molecule has 3 aliphatic rings. The van der Waals surface area contributed by atoms with Gasteiger partial charge in [-0.1, -0.05) is 57.3 Å². The van der Waals surface area contributed by atoms with Crippen molar-refractivity contribution >= 4 is 56.6 Å². The number of aromatic nitrogens is 3. The van der Waals surface area contributed by atoms with Crippen molar-refractivity contribution in [2.75, 3.05) is 12.5 Å². The van der Waals surface area contributed by atoms with Crippen LogP contribution in [0, 0.1) is 5.92 Å². The number of rotatable bonds is 5. The molecule has 0 bridgehead atoms. The smallest absolute Gasteiger partial charge is 0.347 e. The molecule has 46 heavy (non-hydrogen) atoms. The number of fused-ring (bicyclic) bond motifs is 4. The van der Waals surface area contributed by atoms with E-state index in [1.165, 1.54) is 35.7 Å². The third-order valence-electron chi connectivity index (χ3n) is 9.34. The minimum absolute atomic E-state index is 0.0175. The number of allylic oxidation sites excluding steroid dienone is 2. The molecule has 2 amide bonds. The quantitative estimate of drug-likeness (QED) is 0.225. The summed E-state index contributed by atoms with van der Waals surface area (Å²) in [6, 6.07) is 15.7. The number of methoxy groups -OCH3 is 1. The fourth-order valence-corrected chi connectivity index (χ4v) is 8.14. The Labute approximate surface area is 280 Å². The van der Waals surface area contributed by atoms with Gasteiger partial charge in [0.1, 0.15) is 11.5 Å². The Morgan fingerprint density at radius 3 is 2.43 bits per heavy atom. The molecular formula is C32H26BrCl2N5O6. The summed E-state index contributed by atoms with van der Waals surface area (Å²) in [7, 11) is 2.93. The lowest BCUT2D eigenvalue weighted by atomic mass is 9.53. The molecule has 3 heterocycles. The standard InChI is InChI=1S/C32H26BrCl2N5O6/c1-37-30(44)38-12-11-20-25(40(38)31(37)45)15-22-28(42)39(36-24-9-6-18(34)14-23(24)35)29(43)32(22,16-3-7-19(46-2)8-4-16)27(20)21-13-17(33)5-10-26(21)41/h3-11,13-14,22,25,27,36,41H,12,15H2,1-2H3/t22-,25+,27+,32+/m0/s1. The molecule has 7 rings (SSSR count). The first-order valence-corrected chi connectivity index (χ1v) is 15.8. The number of hydrazine groups is 1. The zero-order chi connectivity index (χ0) is 32.7. The van der Waals surface area contributed by atoms with E-state index >= 15 is 4.79 Å². The third kappa shape index (κ3) is 4.23. The number of phenolic OH excluding ortho intramolecular Hbond substituents is 1. The molecule has 0 unspecified atom stereocenters. The Kier molecular flexibility index (Phi) is 7.22. The van der Waals surface area contributed by atoms with E-state index in [9.17, 15) is 19.5 Å². The molecule has 236 valence electrons. The van der Waals surface area contributed by atoms with Crippen molar-refractivity contribution in [1.82, 2.24) is 18.9 Å². The lowest BCUT2D eigenvalue weighted by Gasteiger charge is -2.49. The maximum atomic E-state index is 15.1. The molecule has 1 aromatic heterocycles. The van der Waals surface area contributed by atoms with Crippen molar-refractivity contribution in [2.24, 2.45) is 13.0 Å². The third-order valence-corrected chi connectivity index (χ3v) is 10.4. The van der Waals surface area contributed by atoms with E-state index in [0.29, 0.717) is 31.9 Å². The van der Waals surface area contributed by atoms with Crippen molar-refractivity contribution in [2.45, 2.75) is 30.3 Å². The van der Waals surface area contributed by atoms with Gasteiger partial charge in [0.05, 0.1) is 41.7 Å². The molecule has 11 nitrogen and oxygen atoms in total. The second kappa shape index (κ2) is 10.9. The van der Waals surface area contributed by atoms with Gasteiger partial charge in [-0.05, 0) is 66.1 Å². The second-order valence-electron chi connectivity index (χ2n) is 11.5. The summed E-state index contributed by atoms with van der Waals surface area (Å²) in [5, 5.41) is 12.9. The van der Waals surface area contributed by atoms with Gasteiger partial charge in [-0.25, -0.2) is 23.5 Å². The predicted molar refractivity (Wildman–Crippen MR) is 174 cm³/mol. The number of nitrogens with zero attached hydrogens (tertiary/aromatic N) is 4. The zero-order valence-electron chi connectivity index (χ0n) is 24.4. The van der Waals surface area contributed by atoms with Crippen LogP contribution in [0.25, 0.3) is 0 Å². The number of hydrogen-bond donors (Lipinski definition) is 2. The normalized spacial score (nSPS) is 23.5. The summed E-state index contributed by atoms with van der Waals surface area (Å²) >= 11 is 16.1. The van der Waals surface area contributed by atoms with Crippen LogP contribution in [0.3, 0.4) is 0 Å². The van der Waals surface area contributed by atoms with Gasteiger partial charge in [-0.3, -0.25) is 15.0 Å². The maximum absolute atomic E-state index is 15.1. The summed E-state index contributed by atoms with van der Waals surface area (Å²) < 4.78 is 9.75. The van der Waals surface area contributed by atoms with Gasteiger partial charge in [-0.2, -0.15) is 5.01 Å². The fourth-order valence-electron chi connectivity index (χ4n) is 7.32. The number of halogens is 3. The highest BCUT2D eigenvalue weighted by molar-refractivity contribution is 9.10. The van der Waals surface area contributed by atoms with Crippen LogP contribution in [0.15, 0.2) is 86.4 Å². The number of carbonyl (C=O) groups excluding carboxylic acids is 2. The van der Waals surface area contributed by atoms with Crippen LogP contribution < -0.4 is 21.5 Å². The summed E-state index contributed by atoms with van der Waals surface area (Å²) in [6.45, 7) is 0.0554. The van der Waals surface area contributed by atoms with Crippen LogP contribution in [0.2, 0.25) is 10.0 Å². The van der Waals surface area contributed by atoms with E-state index in [-0.39, 0.29) is 29.4 Å². The van der Waals surface area contributed by atoms with Gasteiger partial charge in [0.2, 0.25) is 0 Å². The Morgan fingerprint density at radius 2 is 1.74 bits per heavy atom. The Balaban J connectivity index is 1.52. The van der Waals surface area contributed by atoms with E-state index in [4.69, 9.17) is 27.9 Å². The number of imide groups is 1. The van der Waals surface area contributed by atoms with Gasteiger partial charge < -0.3 is 9.84 Å². The highest BCUT2D eigenvalue weighted by atomic mass is 79.9. The van der Waals surface area contributed by atoms with E-state index < -0.39 is 46.5 Å². The number of benzene rings is 3. The molecule has 2 fully saturated rings. The number of aromatic hydroxyl groups is 1. The van der Waals surface area contributed by atoms with Crippen LogP contribution in [0.1, 0.15) is 29.5 Å². The number of amides is 2. The summed E-state index contributed by atoms with van der Waals surface area (Å²) in [4.78, 5) is 56.2. The summed E-state index contributed by atoms with van der Waals surface area (Å²) in [6.07, 6.45) is 1.84. The minimum Gasteiger partial charge on any atom is -0.508 e. The molecule has 0 radical (unpaired) electrons. The van der Waals surface area contributed by atoms with Crippen LogP contribution in [0.5, 0.6) is 11.5 Å². The number of anilines is 1. The van der Waals surface area contributed by atoms with Gasteiger partial charge in [-0.15, -0.1) is 0 Å². The highest BCUT2D eigenvalue weighted by Gasteiger charge is 2.69. The highest BCUT2D eigenvalue weighted by Crippen LogP contribution is 2.63. The predicted octanol–water partition coefficient (Wildman–Crippen LogP) is 4.75. The van der Waals surface area contributed by atoms with Gasteiger partial charge in [0.15, 0.2) is 0 Å². The molecule has 14 heteroatoms. The van der Waals surface area contributed by atoms with Gasteiger partial charge in [0.25, 0.3) is 11.8 Å². The first-order chi connectivity index (χ1) is 22.0. The Morgan fingerprint density at radius 1 is 1.00 bits per heavy atom. The number of phenols is 1. The van der Waals surface area contributed by atoms with Crippen molar-refractivity contribution in [1.29, 1.82) is 0 Å². The average Bonchev–Trinajstić information content (AvgIpc) is 3.40. The van der Waals surface area contributed by atoms with Crippen LogP contribution in [-0.4, -0.2) is 43.0 Å². The largest absolute Gasteiger partial charge is 0.508 e. The molecule has 0 spiro atoms. The SMILES string of the molecule is COc1ccc([C@@]23C(=O)N(Nc4ccc(Cl)cc4Cl)C(=O)[C@@H]2C[C@@H]2C(=CCn4c(=O)n(C)c(=O)n42)[C@@H]3c2cc(Br)ccc2O)cc1. The van der Waals surface area contributed by atoms with Crippen molar-refractivity contribution in [3.8, 4) is 11.5 Å². The number of carbonyl (C=O) groups is 2. The second-order valence-corrected chi connectivity index (χ2v) is 13.3. The molecule has 3 aromatic carbocycles. The molecule has 4 aromatic rings. The molecule has 1 aliphatic carbocycles. The monoisotopic (exact) mass is 725 g/mol. The lowest BCUT2D eigenvalue weighted by Crippen LogP contribution is -2.53. The van der Waals surface area contributed by atoms with Crippen LogP contribution in [-0.2, 0) is 28.6 Å². The number of hydrogen-bond acceptors (Lipinski definition) is 7. The van der Waals surface area contributed by atoms with E-state index in [2.05, 4.69) is 21.4 Å². The molecule has 4 atom stereocenters. The van der Waals surface area contributed by atoms with E-state index in [1.54, 1.807) is 48.5 Å². The van der Waals surface area contributed by atoms with Crippen molar-refractivity contribution in [3.63, 3.8) is 0 Å². The maximum Gasteiger partial charge on any atom is 0.347 e.